The van der Waals surface area contributed by atoms with E-state index in [0.717, 1.165) is 0 Å². The summed E-state index contributed by atoms with van der Waals surface area (Å²) in [6.07, 6.45) is 0.835. The Balaban J connectivity index is 2.87. The number of carboxylic acids is 1. The number of ether oxygens (including phenoxy) is 1. The van der Waals surface area contributed by atoms with Crippen LogP contribution >= 0.6 is 22.5 Å². The van der Waals surface area contributed by atoms with Crippen molar-refractivity contribution in [2.24, 2.45) is 0 Å². The zero-order chi connectivity index (χ0) is 14.6. The van der Waals surface area contributed by atoms with E-state index in [1.807, 2.05) is 0 Å². The summed E-state index contributed by atoms with van der Waals surface area (Å²) in [6, 6.07) is 0. The van der Waals surface area contributed by atoms with Crippen molar-refractivity contribution in [1.29, 1.82) is 0 Å². The Kier molecular flexibility index (Phi) is 5.24. The molecule has 10 heteroatoms. The number of carboxylic acid groups (broad SMARTS) is 1. The summed E-state index contributed by atoms with van der Waals surface area (Å²) >= 11 is 3.78. The van der Waals surface area contributed by atoms with Crippen molar-refractivity contribution in [3.05, 3.63) is 21.9 Å². The number of rotatable bonds is 6. The smallest absolute Gasteiger partial charge is 0.333 e. The number of nitrogens with zero attached hydrogens (tertiary/aromatic N) is 1. The van der Waals surface area contributed by atoms with E-state index in [0.29, 0.717) is 16.4 Å². The molecule has 1 atom stereocenters. The second-order valence-electron chi connectivity index (χ2n) is 3.52. The SMILES string of the molecule is Cc1c[nH]c(OC(=O)C(CC(=O)O)SS)c1[N+](=O)[O-]. The summed E-state index contributed by atoms with van der Waals surface area (Å²) in [5, 5.41) is 18.3. The lowest BCUT2D eigenvalue weighted by Gasteiger charge is -2.09. The van der Waals surface area contributed by atoms with E-state index in [1.54, 1.807) is 0 Å². The molecule has 0 spiro atoms. The van der Waals surface area contributed by atoms with Gasteiger partial charge >= 0.3 is 17.6 Å². The molecule has 0 aliphatic heterocycles. The maximum absolute atomic E-state index is 11.7. The van der Waals surface area contributed by atoms with Crippen molar-refractivity contribution < 1.29 is 24.4 Å². The summed E-state index contributed by atoms with van der Waals surface area (Å²) < 4.78 is 4.81. The molecule has 1 heterocycles. The second-order valence-corrected chi connectivity index (χ2v) is 4.93. The first-order chi connectivity index (χ1) is 8.86. The average Bonchev–Trinajstić information content (AvgIpc) is 2.66. The minimum Gasteiger partial charge on any atom is -0.481 e. The van der Waals surface area contributed by atoms with Crippen LogP contribution in [-0.4, -0.2) is 32.2 Å². The number of carbonyl (C=O) groups is 2. The number of nitro groups is 1. The molecule has 0 saturated carbocycles. The third-order valence-electron chi connectivity index (χ3n) is 2.14. The van der Waals surface area contributed by atoms with Crippen LogP contribution in [0.2, 0.25) is 0 Å². The first kappa shape index (κ1) is 15.4. The standard InChI is InChI=1S/C9H10N2O6S2/c1-4-3-10-8(7(4)11(15)16)17-9(14)5(19-18)2-6(12)13/h3,5,10,18H,2H2,1H3,(H,12,13). The van der Waals surface area contributed by atoms with Gasteiger partial charge in [0.2, 0.25) is 0 Å². The van der Waals surface area contributed by atoms with Gasteiger partial charge in [-0.3, -0.25) is 19.7 Å². The first-order valence-corrected chi connectivity index (χ1v) is 6.86. The molecule has 0 saturated heterocycles. The molecule has 0 amide bonds. The fraction of sp³-hybridized carbons (Fsp3) is 0.333. The lowest BCUT2D eigenvalue weighted by atomic mass is 10.3. The highest BCUT2D eigenvalue weighted by molar-refractivity contribution is 8.69. The number of hydrogen-bond acceptors (Lipinski definition) is 7. The third kappa shape index (κ3) is 3.89. The van der Waals surface area contributed by atoms with Gasteiger partial charge in [0.1, 0.15) is 5.25 Å². The molecule has 0 bridgehead atoms. The lowest BCUT2D eigenvalue weighted by molar-refractivity contribution is -0.386. The van der Waals surface area contributed by atoms with Gasteiger partial charge in [-0.15, -0.1) is 11.7 Å². The van der Waals surface area contributed by atoms with Gasteiger partial charge < -0.3 is 14.8 Å². The molecule has 2 N–H and O–H groups in total. The summed E-state index contributed by atoms with van der Waals surface area (Å²) in [7, 11) is 0.702. The number of H-pyrrole nitrogens is 1. The normalized spacial score (nSPS) is 11.9. The van der Waals surface area contributed by atoms with Gasteiger partial charge in [-0.1, -0.05) is 10.8 Å². The molecule has 0 aliphatic carbocycles. The minimum absolute atomic E-state index is 0.307. The maximum atomic E-state index is 11.7. The molecule has 19 heavy (non-hydrogen) atoms. The number of esters is 1. The molecule has 1 aromatic rings. The quantitative estimate of drug-likeness (QED) is 0.239. The Labute approximate surface area is 116 Å². The third-order valence-corrected chi connectivity index (χ3v) is 3.52. The Morgan fingerprint density at radius 3 is 2.79 bits per heavy atom. The van der Waals surface area contributed by atoms with Crippen LogP contribution in [0.15, 0.2) is 6.20 Å². The zero-order valence-corrected chi connectivity index (χ0v) is 11.4. The molecule has 0 aromatic carbocycles. The van der Waals surface area contributed by atoms with Gasteiger partial charge in [-0.2, -0.15) is 0 Å². The van der Waals surface area contributed by atoms with Gasteiger partial charge in [0.15, 0.2) is 0 Å². The van der Waals surface area contributed by atoms with E-state index < -0.39 is 28.5 Å². The number of aromatic amines is 1. The van der Waals surface area contributed by atoms with E-state index in [2.05, 4.69) is 16.6 Å². The molecule has 1 unspecified atom stereocenters. The fourth-order valence-corrected chi connectivity index (χ4v) is 2.12. The Morgan fingerprint density at radius 2 is 2.32 bits per heavy atom. The molecular weight excluding hydrogens is 296 g/mol. The predicted molar refractivity (Wildman–Crippen MR) is 70.4 cm³/mol. The summed E-state index contributed by atoms with van der Waals surface area (Å²) in [4.78, 5) is 34.7. The molecule has 0 radical (unpaired) electrons. The molecular formula is C9H10N2O6S2. The van der Waals surface area contributed by atoms with Gasteiger partial charge in [-0.05, 0) is 6.92 Å². The van der Waals surface area contributed by atoms with Crippen LogP contribution in [0, 0.1) is 17.0 Å². The van der Waals surface area contributed by atoms with Gasteiger partial charge in [0.05, 0.1) is 11.3 Å². The molecule has 1 aromatic heterocycles. The zero-order valence-electron chi connectivity index (χ0n) is 9.65. The van der Waals surface area contributed by atoms with Crippen molar-refractivity contribution in [2.75, 3.05) is 0 Å². The fourth-order valence-electron chi connectivity index (χ4n) is 1.28. The summed E-state index contributed by atoms with van der Waals surface area (Å²) in [5.74, 6) is -2.42. The predicted octanol–water partition coefficient (Wildman–Crippen LogP) is 1.56. The molecule has 0 aliphatic rings. The van der Waals surface area contributed by atoms with Crippen LogP contribution in [0.1, 0.15) is 12.0 Å². The second kappa shape index (κ2) is 6.48. The number of aryl methyl sites for hydroxylation is 1. The Morgan fingerprint density at radius 1 is 1.68 bits per heavy atom. The van der Waals surface area contributed by atoms with Crippen molar-refractivity contribution in [2.45, 2.75) is 18.6 Å². The number of aliphatic carboxylic acids is 1. The largest absolute Gasteiger partial charge is 0.481 e. The maximum Gasteiger partial charge on any atom is 0.333 e. The van der Waals surface area contributed by atoms with Crippen molar-refractivity contribution >= 4 is 40.1 Å². The Bertz CT molecular complexity index is 515. The summed E-state index contributed by atoms with van der Waals surface area (Å²) in [6.45, 7) is 1.48. The summed E-state index contributed by atoms with van der Waals surface area (Å²) in [5.41, 5.74) is -0.0484. The van der Waals surface area contributed by atoms with Crippen LogP contribution < -0.4 is 4.74 Å². The number of hydrogen-bond donors (Lipinski definition) is 3. The van der Waals surface area contributed by atoms with Crippen molar-refractivity contribution in [3.8, 4) is 5.88 Å². The van der Waals surface area contributed by atoms with Crippen LogP contribution in [0.25, 0.3) is 0 Å². The average molecular weight is 306 g/mol. The van der Waals surface area contributed by atoms with E-state index in [4.69, 9.17) is 9.84 Å². The van der Waals surface area contributed by atoms with Crippen molar-refractivity contribution in [1.82, 2.24) is 4.98 Å². The number of aromatic nitrogens is 1. The van der Waals surface area contributed by atoms with Gasteiger partial charge in [0, 0.05) is 11.8 Å². The highest BCUT2D eigenvalue weighted by Crippen LogP contribution is 2.30. The monoisotopic (exact) mass is 306 g/mol. The van der Waals surface area contributed by atoms with E-state index in [-0.39, 0.29) is 11.6 Å². The lowest BCUT2D eigenvalue weighted by Crippen LogP contribution is -2.25. The molecule has 8 nitrogen and oxygen atoms in total. The number of thiol groups is 1. The van der Waals surface area contributed by atoms with Gasteiger partial charge in [0.25, 0.3) is 5.88 Å². The van der Waals surface area contributed by atoms with E-state index in [9.17, 15) is 19.7 Å². The van der Waals surface area contributed by atoms with Crippen LogP contribution in [0.3, 0.4) is 0 Å². The van der Waals surface area contributed by atoms with Crippen LogP contribution in [-0.2, 0) is 9.59 Å². The molecule has 104 valence electrons. The van der Waals surface area contributed by atoms with Crippen LogP contribution in [0.5, 0.6) is 5.88 Å². The highest BCUT2D eigenvalue weighted by Gasteiger charge is 2.28. The number of nitrogens with one attached hydrogen (secondary N) is 1. The Hall–Kier alpha value is -1.68. The highest BCUT2D eigenvalue weighted by atomic mass is 33.1. The van der Waals surface area contributed by atoms with E-state index >= 15 is 0 Å². The topological polar surface area (TPSA) is 123 Å². The van der Waals surface area contributed by atoms with Crippen molar-refractivity contribution in [3.63, 3.8) is 0 Å². The molecule has 0 fully saturated rings. The van der Waals surface area contributed by atoms with Gasteiger partial charge in [-0.25, -0.2) is 0 Å². The molecule has 1 rings (SSSR count). The van der Waals surface area contributed by atoms with Crippen LogP contribution in [0.4, 0.5) is 5.69 Å². The minimum atomic E-state index is -1.19. The van der Waals surface area contributed by atoms with E-state index in [1.165, 1.54) is 13.1 Å². The number of carbonyl (C=O) groups excluding carboxylic acids is 1. The first-order valence-electron chi connectivity index (χ1n) is 4.92.